The van der Waals surface area contributed by atoms with E-state index in [0.717, 1.165) is 0 Å². The van der Waals surface area contributed by atoms with Crippen molar-refractivity contribution >= 4 is 11.8 Å². The van der Waals surface area contributed by atoms with E-state index in [1.165, 1.54) is 6.92 Å². The molecule has 0 amide bonds. The number of hydrogen-bond acceptors (Lipinski definition) is 4. The maximum atomic E-state index is 11.3. The molecule has 0 radical (unpaired) electrons. The average molecular weight is 186 g/mol. The van der Waals surface area contributed by atoms with Crippen LogP contribution in [0.3, 0.4) is 0 Å². The molecule has 1 aliphatic rings. The molecular formula is C9H14O4. The monoisotopic (exact) mass is 186 g/mol. The maximum absolute atomic E-state index is 11.3. The lowest BCUT2D eigenvalue weighted by atomic mass is 9.80. The van der Waals surface area contributed by atoms with Crippen molar-refractivity contribution in [2.45, 2.75) is 19.8 Å². The van der Waals surface area contributed by atoms with Gasteiger partial charge in [0, 0.05) is 20.1 Å². The van der Waals surface area contributed by atoms with E-state index >= 15 is 0 Å². The molecule has 0 spiro atoms. The molecule has 1 heterocycles. The number of methoxy groups -OCH3 is 1. The van der Waals surface area contributed by atoms with Crippen LogP contribution in [0.2, 0.25) is 0 Å². The topological polar surface area (TPSA) is 52.6 Å². The minimum Gasteiger partial charge on any atom is -0.465 e. The standard InChI is InChI=1S/C9H14O4/c1-7(10)9(3-5-12-2)4-6-13-8(9)11/h3-6H2,1-2H3. The minimum atomic E-state index is -0.921. The molecule has 0 aromatic carbocycles. The number of rotatable bonds is 4. The molecule has 4 nitrogen and oxygen atoms in total. The number of ether oxygens (including phenoxy) is 2. The second-order valence-corrected chi connectivity index (χ2v) is 3.27. The van der Waals surface area contributed by atoms with Gasteiger partial charge < -0.3 is 9.47 Å². The van der Waals surface area contributed by atoms with E-state index in [1.54, 1.807) is 7.11 Å². The quantitative estimate of drug-likeness (QED) is 0.475. The van der Waals surface area contributed by atoms with E-state index in [9.17, 15) is 9.59 Å². The Morgan fingerprint density at radius 2 is 2.38 bits per heavy atom. The van der Waals surface area contributed by atoms with E-state index < -0.39 is 11.4 Å². The lowest BCUT2D eigenvalue weighted by Crippen LogP contribution is -2.35. The zero-order valence-electron chi connectivity index (χ0n) is 7.96. The van der Waals surface area contributed by atoms with Crippen LogP contribution in [0.25, 0.3) is 0 Å². The Labute approximate surface area is 77.2 Å². The van der Waals surface area contributed by atoms with Crippen molar-refractivity contribution in [1.82, 2.24) is 0 Å². The Bertz CT molecular complexity index is 224. The number of carbonyl (C=O) groups excluding carboxylic acids is 2. The molecule has 0 N–H and O–H groups in total. The fourth-order valence-electron chi connectivity index (χ4n) is 1.56. The lowest BCUT2D eigenvalue weighted by molar-refractivity contribution is -0.151. The smallest absolute Gasteiger partial charge is 0.319 e. The molecular weight excluding hydrogens is 172 g/mol. The third-order valence-electron chi connectivity index (χ3n) is 2.56. The van der Waals surface area contributed by atoms with Gasteiger partial charge in [-0.15, -0.1) is 0 Å². The predicted molar refractivity (Wildman–Crippen MR) is 45.2 cm³/mol. The summed E-state index contributed by atoms with van der Waals surface area (Å²) in [6.07, 6.45) is 0.919. The van der Waals surface area contributed by atoms with Gasteiger partial charge in [-0.05, 0) is 13.3 Å². The summed E-state index contributed by atoms with van der Waals surface area (Å²) in [4.78, 5) is 22.7. The normalized spacial score (nSPS) is 27.4. The third kappa shape index (κ3) is 1.72. The molecule has 1 atom stereocenters. The number of Topliss-reactive ketones (excluding diaryl/α,β-unsaturated/α-hetero) is 1. The van der Waals surface area contributed by atoms with Gasteiger partial charge in [0.2, 0.25) is 0 Å². The highest BCUT2D eigenvalue weighted by Crippen LogP contribution is 2.34. The maximum Gasteiger partial charge on any atom is 0.319 e. The van der Waals surface area contributed by atoms with Crippen LogP contribution in [-0.2, 0) is 19.1 Å². The highest BCUT2D eigenvalue weighted by Gasteiger charge is 2.48. The van der Waals surface area contributed by atoms with Gasteiger partial charge in [-0.2, -0.15) is 0 Å². The van der Waals surface area contributed by atoms with Crippen LogP contribution in [0.15, 0.2) is 0 Å². The first-order chi connectivity index (χ1) is 6.13. The second-order valence-electron chi connectivity index (χ2n) is 3.27. The summed E-state index contributed by atoms with van der Waals surface area (Å²) in [5, 5.41) is 0. The number of esters is 1. The number of cyclic esters (lactones) is 1. The third-order valence-corrected chi connectivity index (χ3v) is 2.56. The van der Waals surface area contributed by atoms with E-state index in [2.05, 4.69) is 0 Å². The molecule has 0 aliphatic carbocycles. The summed E-state index contributed by atoms with van der Waals surface area (Å²) >= 11 is 0. The van der Waals surface area contributed by atoms with Gasteiger partial charge in [0.05, 0.1) is 6.61 Å². The Balaban J connectivity index is 2.74. The Morgan fingerprint density at radius 3 is 2.77 bits per heavy atom. The predicted octanol–water partition coefficient (Wildman–Crippen LogP) is 0.545. The first kappa shape index (κ1) is 10.2. The summed E-state index contributed by atoms with van der Waals surface area (Å²) in [7, 11) is 1.55. The van der Waals surface area contributed by atoms with Gasteiger partial charge in [0.15, 0.2) is 0 Å². The largest absolute Gasteiger partial charge is 0.465 e. The molecule has 1 fully saturated rings. The van der Waals surface area contributed by atoms with Crippen LogP contribution in [0.5, 0.6) is 0 Å². The van der Waals surface area contributed by atoms with E-state index in [1.807, 2.05) is 0 Å². The number of hydrogen-bond donors (Lipinski definition) is 0. The summed E-state index contributed by atoms with van der Waals surface area (Å²) in [6.45, 7) is 2.19. The number of ketones is 1. The molecule has 0 saturated carbocycles. The molecule has 0 aromatic rings. The second kappa shape index (κ2) is 3.87. The molecule has 1 rings (SSSR count). The van der Waals surface area contributed by atoms with E-state index in [4.69, 9.17) is 9.47 Å². The molecule has 74 valence electrons. The molecule has 1 unspecified atom stereocenters. The van der Waals surface area contributed by atoms with Crippen LogP contribution >= 0.6 is 0 Å². The summed E-state index contributed by atoms with van der Waals surface area (Å²) in [5.74, 6) is -0.510. The zero-order chi connectivity index (χ0) is 9.90. The summed E-state index contributed by atoms with van der Waals surface area (Å²) in [5.41, 5.74) is -0.921. The summed E-state index contributed by atoms with van der Waals surface area (Å²) in [6, 6.07) is 0. The van der Waals surface area contributed by atoms with Crippen molar-refractivity contribution in [3.63, 3.8) is 0 Å². The molecule has 0 aromatic heterocycles. The van der Waals surface area contributed by atoms with Crippen molar-refractivity contribution in [3.05, 3.63) is 0 Å². The molecule has 1 aliphatic heterocycles. The van der Waals surface area contributed by atoms with Gasteiger partial charge >= 0.3 is 5.97 Å². The van der Waals surface area contributed by atoms with Gasteiger partial charge in [-0.1, -0.05) is 0 Å². The average Bonchev–Trinajstić information content (AvgIpc) is 2.45. The lowest BCUT2D eigenvalue weighted by Gasteiger charge is -2.20. The number of carbonyl (C=O) groups is 2. The van der Waals surface area contributed by atoms with E-state index in [0.29, 0.717) is 26.1 Å². The van der Waals surface area contributed by atoms with Crippen LogP contribution in [0, 0.1) is 5.41 Å². The van der Waals surface area contributed by atoms with Crippen molar-refractivity contribution < 1.29 is 19.1 Å². The first-order valence-electron chi connectivity index (χ1n) is 4.31. The fourth-order valence-corrected chi connectivity index (χ4v) is 1.56. The van der Waals surface area contributed by atoms with E-state index in [-0.39, 0.29) is 5.78 Å². The van der Waals surface area contributed by atoms with Gasteiger partial charge in [-0.25, -0.2) is 0 Å². The van der Waals surface area contributed by atoms with Crippen LogP contribution in [0.1, 0.15) is 19.8 Å². The van der Waals surface area contributed by atoms with Crippen LogP contribution < -0.4 is 0 Å². The van der Waals surface area contributed by atoms with Gasteiger partial charge in [0.1, 0.15) is 11.2 Å². The first-order valence-corrected chi connectivity index (χ1v) is 4.31. The Kier molecular flexibility index (Phi) is 3.03. The van der Waals surface area contributed by atoms with Gasteiger partial charge in [-0.3, -0.25) is 9.59 Å². The highest BCUT2D eigenvalue weighted by atomic mass is 16.5. The zero-order valence-corrected chi connectivity index (χ0v) is 7.96. The highest BCUT2D eigenvalue weighted by molar-refractivity contribution is 6.03. The van der Waals surface area contributed by atoms with Crippen LogP contribution in [-0.4, -0.2) is 32.1 Å². The van der Waals surface area contributed by atoms with Crippen molar-refractivity contribution in [3.8, 4) is 0 Å². The van der Waals surface area contributed by atoms with Crippen molar-refractivity contribution in [2.24, 2.45) is 5.41 Å². The molecule has 4 heteroatoms. The van der Waals surface area contributed by atoms with Crippen molar-refractivity contribution in [2.75, 3.05) is 20.3 Å². The Hall–Kier alpha value is -0.900. The van der Waals surface area contributed by atoms with Crippen molar-refractivity contribution in [1.29, 1.82) is 0 Å². The minimum absolute atomic E-state index is 0.118. The molecule has 13 heavy (non-hydrogen) atoms. The Morgan fingerprint density at radius 1 is 1.69 bits per heavy atom. The summed E-state index contributed by atoms with van der Waals surface area (Å²) < 4.78 is 9.68. The molecule has 0 bridgehead atoms. The molecule has 1 saturated heterocycles. The fraction of sp³-hybridized carbons (Fsp3) is 0.778. The van der Waals surface area contributed by atoms with Gasteiger partial charge in [0.25, 0.3) is 0 Å². The SMILES string of the molecule is COCCC1(C(C)=O)CCOC1=O. The van der Waals surface area contributed by atoms with Crippen LogP contribution in [0.4, 0.5) is 0 Å².